The molecule has 1 atom stereocenters. The van der Waals surface area contributed by atoms with E-state index in [1.165, 1.54) is 18.5 Å². The minimum Gasteiger partial charge on any atom is -0.392 e. The van der Waals surface area contributed by atoms with E-state index < -0.39 is 0 Å². The molecule has 0 radical (unpaired) electrons. The van der Waals surface area contributed by atoms with E-state index in [4.69, 9.17) is 5.11 Å². The lowest BCUT2D eigenvalue weighted by Crippen LogP contribution is -2.29. The number of aliphatic hydroxyl groups is 1. The molecule has 3 nitrogen and oxygen atoms in total. The lowest BCUT2D eigenvalue weighted by atomic mass is 10.1. The highest BCUT2D eigenvalue weighted by atomic mass is 16.3. The van der Waals surface area contributed by atoms with Crippen LogP contribution >= 0.6 is 0 Å². The van der Waals surface area contributed by atoms with Crippen molar-refractivity contribution in [2.75, 3.05) is 20.1 Å². The molecule has 1 aliphatic heterocycles. The Morgan fingerprint density at radius 2 is 2.00 bits per heavy atom. The number of aliphatic hydroxyl groups excluding tert-OH is 1. The Kier molecular flexibility index (Phi) is 3.93. The molecule has 1 heterocycles. The number of likely N-dealkylation sites (tertiary alicyclic amines) is 1. The molecule has 1 fully saturated rings. The van der Waals surface area contributed by atoms with Gasteiger partial charge in [-0.15, -0.1) is 0 Å². The summed E-state index contributed by atoms with van der Waals surface area (Å²) in [5.41, 5.74) is 2.31. The summed E-state index contributed by atoms with van der Waals surface area (Å²) in [6.07, 6.45) is 1.24. The Bertz CT molecular complexity index is 323. The maximum absolute atomic E-state index is 8.96. The molecule has 88 valence electrons. The highest BCUT2D eigenvalue weighted by molar-refractivity contribution is 5.22. The molecule has 0 bridgehead atoms. The first kappa shape index (κ1) is 11.6. The number of nitrogens with one attached hydrogen (secondary N) is 1. The molecule has 16 heavy (non-hydrogen) atoms. The number of rotatable bonds is 4. The first-order valence-electron chi connectivity index (χ1n) is 5.90. The molecular weight excluding hydrogens is 200 g/mol. The second kappa shape index (κ2) is 5.43. The van der Waals surface area contributed by atoms with Crippen LogP contribution < -0.4 is 5.32 Å². The largest absolute Gasteiger partial charge is 0.392 e. The van der Waals surface area contributed by atoms with E-state index in [0.717, 1.165) is 18.7 Å². The van der Waals surface area contributed by atoms with Gasteiger partial charge >= 0.3 is 0 Å². The summed E-state index contributed by atoms with van der Waals surface area (Å²) < 4.78 is 0. The van der Waals surface area contributed by atoms with Crippen molar-refractivity contribution < 1.29 is 5.11 Å². The van der Waals surface area contributed by atoms with Gasteiger partial charge in [0, 0.05) is 25.7 Å². The molecule has 0 amide bonds. The van der Waals surface area contributed by atoms with Crippen LogP contribution in [0, 0.1) is 0 Å². The molecule has 1 aromatic carbocycles. The standard InChI is InChI=1S/C13H20N2O/c1-14-13-6-7-15(9-13)8-11-2-4-12(10-16)5-3-11/h2-5,13-14,16H,6-10H2,1H3. The minimum absolute atomic E-state index is 0.131. The third-order valence-electron chi connectivity index (χ3n) is 3.29. The molecule has 1 aromatic rings. The van der Waals surface area contributed by atoms with Crippen LogP contribution in [0.3, 0.4) is 0 Å². The van der Waals surface area contributed by atoms with Gasteiger partial charge in [-0.1, -0.05) is 24.3 Å². The second-order valence-corrected chi connectivity index (χ2v) is 4.48. The van der Waals surface area contributed by atoms with Gasteiger partial charge in [0.25, 0.3) is 0 Å². The quantitative estimate of drug-likeness (QED) is 0.794. The van der Waals surface area contributed by atoms with E-state index in [1.54, 1.807) is 0 Å². The summed E-state index contributed by atoms with van der Waals surface area (Å²) in [6, 6.07) is 8.87. The van der Waals surface area contributed by atoms with Crippen LogP contribution in [0.25, 0.3) is 0 Å². The van der Waals surface area contributed by atoms with E-state index in [-0.39, 0.29) is 6.61 Å². The molecular formula is C13H20N2O. The van der Waals surface area contributed by atoms with E-state index >= 15 is 0 Å². The molecule has 0 aliphatic carbocycles. The van der Waals surface area contributed by atoms with Gasteiger partial charge in [-0.2, -0.15) is 0 Å². The third kappa shape index (κ3) is 2.82. The summed E-state index contributed by atoms with van der Waals surface area (Å²) in [7, 11) is 2.03. The molecule has 1 unspecified atom stereocenters. The van der Waals surface area contributed by atoms with Gasteiger partial charge in [0.1, 0.15) is 0 Å². The van der Waals surface area contributed by atoms with Crippen LogP contribution in [0.5, 0.6) is 0 Å². The minimum atomic E-state index is 0.131. The number of nitrogens with zero attached hydrogens (tertiary/aromatic N) is 1. The fourth-order valence-corrected chi connectivity index (χ4v) is 2.22. The van der Waals surface area contributed by atoms with Crippen LogP contribution in [0.4, 0.5) is 0 Å². The summed E-state index contributed by atoms with van der Waals surface area (Å²) in [6.45, 7) is 3.46. The Morgan fingerprint density at radius 3 is 2.56 bits per heavy atom. The van der Waals surface area contributed by atoms with Gasteiger partial charge in [0.15, 0.2) is 0 Å². The molecule has 1 aliphatic rings. The number of benzene rings is 1. The maximum atomic E-state index is 8.96. The lowest BCUT2D eigenvalue weighted by Gasteiger charge is -2.16. The molecule has 3 heteroatoms. The zero-order valence-electron chi connectivity index (χ0n) is 9.82. The Balaban J connectivity index is 1.89. The molecule has 0 saturated carbocycles. The summed E-state index contributed by atoms with van der Waals surface area (Å²) >= 11 is 0. The van der Waals surface area contributed by atoms with Crippen molar-refractivity contribution in [3.05, 3.63) is 35.4 Å². The predicted molar refractivity (Wildman–Crippen MR) is 65.1 cm³/mol. The molecule has 1 saturated heterocycles. The van der Waals surface area contributed by atoms with Crippen molar-refractivity contribution in [3.63, 3.8) is 0 Å². The van der Waals surface area contributed by atoms with Crippen molar-refractivity contribution in [2.24, 2.45) is 0 Å². The highest BCUT2D eigenvalue weighted by Crippen LogP contribution is 2.13. The van der Waals surface area contributed by atoms with Crippen molar-refractivity contribution in [1.29, 1.82) is 0 Å². The highest BCUT2D eigenvalue weighted by Gasteiger charge is 2.20. The summed E-state index contributed by atoms with van der Waals surface area (Å²) in [5, 5.41) is 12.3. The Hall–Kier alpha value is -0.900. The van der Waals surface area contributed by atoms with Crippen LogP contribution in [0.15, 0.2) is 24.3 Å². The van der Waals surface area contributed by atoms with E-state index in [1.807, 2.05) is 19.2 Å². The van der Waals surface area contributed by atoms with Gasteiger partial charge in [-0.05, 0) is 24.6 Å². The summed E-state index contributed by atoms with van der Waals surface area (Å²) in [4.78, 5) is 2.47. The van der Waals surface area contributed by atoms with Crippen LogP contribution in [0.2, 0.25) is 0 Å². The van der Waals surface area contributed by atoms with Crippen LogP contribution in [-0.2, 0) is 13.2 Å². The van der Waals surface area contributed by atoms with Crippen molar-refractivity contribution in [2.45, 2.75) is 25.6 Å². The number of hydrogen-bond acceptors (Lipinski definition) is 3. The Morgan fingerprint density at radius 1 is 1.31 bits per heavy atom. The molecule has 0 aromatic heterocycles. The predicted octanol–water partition coefficient (Wildman–Crippen LogP) is 0.973. The average Bonchev–Trinajstić information content (AvgIpc) is 2.78. The monoisotopic (exact) mass is 220 g/mol. The fraction of sp³-hybridized carbons (Fsp3) is 0.538. The normalized spacial score (nSPS) is 21.5. The first-order chi connectivity index (χ1) is 7.81. The lowest BCUT2D eigenvalue weighted by molar-refractivity contribution is 0.281. The Labute approximate surface area is 97.1 Å². The van der Waals surface area contributed by atoms with Crippen molar-refractivity contribution >= 4 is 0 Å². The average molecular weight is 220 g/mol. The van der Waals surface area contributed by atoms with Crippen molar-refractivity contribution in [1.82, 2.24) is 10.2 Å². The second-order valence-electron chi connectivity index (χ2n) is 4.48. The van der Waals surface area contributed by atoms with Gasteiger partial charge < -0.3 is 10.4 Å². The van der Waals surface area contributed by atoms with Gasteiger partial charge in [0.2, 0.25) is 0 Å². The smallest absolute Gasteiger partial charge is 0.0681 e. The molecule has 2 rings (SSSR count). The topological polar surface area (TPSA) is 35.5 Å². The summed E-state index contributed by atoms with van der Waals surface area (Å²) in [5.74, 6) is 0. The van der Waals surface area contributed by atoms with Gasteiger partial charge in [0.05, 0.1) is 6.61 Å². The number of hydrogen-bond donors (Lipinski definition) is 2. The van der Waals surface area contributed by atoms with E-state index in [2.05, 4.69) is 22.3 Å². The fourth-order valence-electron chi connectivity index (χ4n) is 2.22. The molecule has 0 spiro atoms. The third-order valence-corrected chi connectivity index (χ3v) is 3.29. The zero-order valence-corrected chi connectivity index (χ0v) is 9.82. The van der Waals surface area contributed by atoms with E-state index in [0.29, 0.717) is 6.04 Å². The number of likely N-dealkylation sites (N-methyl/N-ethyl adjacent to an activating group) is 1. The van der Waals surface area contributed by atoms with Gasteiger partial charge in [-0.3, -0.25) is 4.90 Å². The first-order valence-corrected chi connectivity index (χ1v) is 5.90. The van der Waals surface area contributed by atoms with E-state index in [9.17, 15) is 0 Å². The van der Waals surface area contributed by atoms with Crippen LogP contribution in [0.1, 0.15) is 17.5 Å². The maximum Gasteiger partial charge on any atom is 0.0681 e. The zero-order chi connectivity index (χ0) is 11.4. The van der Waals surface area contributed by atoms with Gasteiger partial charge in [-0.25, -0.2) is 0 Å². The van der Waals surface area contributed by atoms with Crippen LogP contribution in [-0.4, -0.2) is 36.2 Å². The molecule has 2 N–H and O–H groups in total. The van der Waals surface area contributed by atoms with Crippen molar-refractivity contribution in [3.8, 4) is 0 Å². The SMILES string of the molecule is CNC1CCN(Cc2ccc(CO)cc2)C1.